The molecule has 80 heavy (non-hydrogen) atoms. The van der Waals surface area contributed by atoms with E-state index in [-0.39, 0.29) is 23.8 Å². The predicted octanol–water partition coefficient (Wildman–Crippen LogP) is -6.29. The van der Waals surface area contributed by atoms with Crippen LogP contribution in [0.3, 0.4) is 0 Å². The van der Waals surface area contributed by atoms with Crippen molar-refractivity contribution in [1.82, 2.24) is 4.90 Å². The van der Waals surface area contributed by atoms with Crippen molar-refractivity contribution in [1.29, 1.82) is 5.53 Å². The fraction of sp³-hybridized carbons (Fsp3) is 0.536. The molecular formula is C28H40B39Cl2F2N7O2. The molecule has 344 valence electrons. The van der Waals surface area contributed by atoms with E-state index < -0.39 is 126 Å². The summed E-state index contributed by atoms with van der Waals surface area (Å²) in [5.74, 6) is -0.837. The molecular weight excluding hydrogens is 997 g/mol. The summed E-state index contributed by atoms with van der Waals surface area (Å²) in [5, 5.41) is 5.08. The number of ether oxygens (including phenoxy) is 1. The van der Waals surface area contributed by atoms with Crippen molar-refractivity contribution in [3.05, 3.63) is 60.2 Å². The summed E-state index contributed by atoms with van der Waals surface area (Å²) in [6.45, 7) is 14.1. The summed E-state index contributed by atoms with van der Waals surface area (Å²) in [6, 6.07) is 13.3. The number of nitrogens with one attached hydrogen (secondary N) is 1. The number of amides is 1. The Morgan fingerprint density at radius 2 is 0.900 bits per heavy atom. The Morgan fingerprint density at radius 3 is 1.16 bits per heavy atom. The minimum Gasteiger partial charge on any atom is -0.444 e. The van der Waals surface area contributed by atoms with Crippen molar-refractivity contribution in [3.63, 3.8) is 0 Å². The Hall–Kier alpha value is -0.518. The third kappa shape index (κ3) is 25.4. The van der Waals surface area contributed by atoms with E-state index in [4.69, 9.17) is 176 Å². The van der Waals surface area contributed by atoms with Gasteiger partial charge in [-0.1, -0.05) is 11.6 Å². The summed E-state index contributed by atoms with van der Waals surface area (Å²) in [4.78, 5) is 18.4. The minimum atomic E-state index is -1.26. The molecule has 0 aliphatic carbocycles. The summed E-state index contributed by atoms with van der Waals surface area (Å²) in [5.41, 5.74) is 7.53. The number of carbonyl (C=O) groups excluding carboxylic acids is 1. The fourth-order valence-electron chi connectivity index (χ4n) is 10.9. The normalized spacial score (nSPS) is 14.4. The molecule has 1 amide bonds. The van der Waals surface area contributed by atoms with Crippen LogP contribution < -0.4 is 9.80 Å². The average molecular weight is 1040 g/mol. The second-order valence-corrected chi connectivity index (χ2v) is 22.4. The number of piperidine rings is 1. The summed E-state index contributed by atoms with van der Waals surface area (Å²) >= 11 is 10.8. The van der Waals surface area contributed by atoms with Gasteiger partial charge in [0.05, 0.1) is 11.8 Å². The number of anilines is 2. The van der Waals surface area contributed by atoms with E-state index in [1.165, 1.54) is 37.1 Å². The van der Waals surface area contributed by atoms with Crippen molar-refractivity contribution >= 4 is 316 Å². The number of hydrogen-bond acceptors (Lipinski definition) is 6. The van der Waals surface area contributed by atoms with E-state index in [1.54, 1.807) is 17.0 Å². The standard InChI is InChI=1S/C16H23FN2O2.C12H16FN.B39Cl.ClHN4/c1-12-11-18(14-7-5-13(17)6-8-14)9-10-19(12)15(20)21-16(2,3)4;1-10-3-2-8-14(9-10)12-6-4-11(13)5-7-12;1-21(2)32(22(3)4)37(33(23(5)6)24(7)8)39(36(29(17)18)30(19)31(20)40)38(34(25(9)10)26(11)12)35(27(13)14)28(15)16;1-3-5-4-2/h5-8,12H,9-11H2,1-4H3;4-7,10H,2-3,8-9H2,1H3;;2H/t12-;10-;;/m10../s1. The first-order valence-corrected chi connectivity index (χ1v) is 27.0. The maximum absolute atomic E-state index is 13.0. The maximum atomic E-state index is 13.0. The molecule has 4 rings (SSSR count). The van der Waals surface area contributed by atoms with Gasteiger partial charge in [0.2, 0.25) is 0 Å². The molecule has 2 fully saturated rings. The van der Waals surface area contributed by atoms with Gasteiger partial charge in [0.25, 0.3) is 0 Å². The van der Waals surface area contributed by atoms with Gasteiger partial charge < -0.3 is 19.4 Å². The van der Waals surface area contributed by atoms with E-state index in [0.29, 0.717) is 13.1 Å². The van der Waals surface area contributed by atoms with E-state index in [0.717, 1.165) is 36.9 Å². The molecule has 2 aliphatic rings. The van der Waals surface area contributed by atoms with E-state index in [9.17, 15) is 13.6 Å². The summed E-state index contributed by atoms with van der Waals surface area (Å²) < 4.78 is 33.7. The van der Waals surface area contributed by atoms with Crippen LogP contribution in [0.1, 0.15) is 47.5 Å². The van der Waals surface area contributed by atoms with Crippen molar-refractivity contribution in [2.75, 3.05) is 42.5 Å². The van der Waals surface area contributed by atoms with Crippen LogP contribution in [0.25, 0.3) is 0 Å². The van der Waals surface area contributed by atoms with Crippen LogP contribution in [0, 0.1) is 23.1 Å². The van der Waals surface area contributed by atoms with Crippen molar-refractivity contribution in [2.45, 2.75) is 59.1 Å². The van der Waals surface area contributed by atoms with Gasteiger partial charge in [-0.25, -0.2) is 25.0 Å². The molecule has 52 heteroatoms. The third-order valence-corrected chi connectivity index (χ3v) is 14.7. The van der Waals surface area contributed by atoms with Crippen LogP contribution in [0.4, 0.5) is 25.0 Å². The molecule has 0 bridgehead atoms. The van der Waals surface area contributed by atoms with Gasteiger partial charge >= 0.3 is 6.09 Å². The van der Waals surface area contributed by atoms with Crippen LogP contribution in [-0.4, -0.2) is 331 Å². The Balaban J connectivity index is 0.000000651. The third-order valence-electron chi connectivity index (χ3n) is 14.3. The van der Waals surface area contributed by atoms with E-state index in [2.05, 4.69) is 43.6 Å². The molecule has 2 heterocycles. The van der Waals surface area contributed by atoms with Gasteiger partial charge in [-0.2, -0.15) is 5.53 Å². The highest BCUT2D eigenvalue weighted by Crippen LogP contribution is 2.25. The molecule has 2 atom stereocenters. The molecule has 0 spiro atoms. The number of hydrogen-bond donors (Lipinski definition) is 1. The molecule has 2 aliphatic heterocycles. The summed E-state index contributed by atoms with van der Waals surface area (Å²) in [7, 11) is 125. The molecule has 40 radical (unpaired) electrons. The molecule has 0 unspecified atom stereocenters. The smallest absolute Gasteiger partial charge is 0.410 e. The second kappa shape index (κ2) is 37.9. The van der Waals surface area contributed by atoms with Crippen LogP contribution >= 0.6 is 23.2 Å². The average Bonchev–Trinajstić information content (AvgIpc) is 3.32. The van der Waals surface area contributed by atoms with Gasteiger partial charge in [0.1, 0.15) is 17.2 Å². The van der Waals surface area contributed by atoms with Crippen LogP contribution in [0.15, 0.2) is 63.6 Å². The topological polar surface area (TPSA) is 97.0 Å². The first-order valence-electron chi connectivity index (χ1n) is 26.2. The lowest BCUT2D eigenvalue weighted by atomic mass is 8.27. The zero-order valence-corrected chi connectivity index (χ0v) is 48.3. The number of halogens is 4. The van der Waals surface area contributed by atoms with Gasteiger partial charge in [-0.15, -0.1) is 0 Å². The van der Waals surface area contributed by atoms with Gasteiger partial charge in [-0.05, 0) is 105 Å². The SMILES string of the molecule is C[C@@H]1CN(c2ccc(F)cc2)CCN1C(=O)OC(C)(C)C.C[C@H]1CCCN(c2ccc(F)cc2)C1.N=NN=NCl.[B]B([B])B(B([B])[B])B(B(B([B])[B])B([B])[B])B(B(B([B])[B])B([B])B([B])Cl)B(B(B([B])[B])B([B])[B])B(B([B])[B])B([B])[B]. The van der Waals surface area contributed by atoms with Gasteiger partial charge in [0, 0.05) is 320 Å². The number of piperazine rings is 1. The Kier molecular flexibility index (Phi) is 36.7. The van der Waals surface area contributed by atoms with Crippen LogP contribution in [0.2, 0.25) is 0 Å². The lowest BCUT2D eigenvalue weighted by molar-refractivity contribution is 0.0159. The minimum absolute atomic E-state index is 0.0543. The number of rotatable bonds is 21. The Morgan fingerprint density at radius 1 is 0.562 bits per heavy atom. The highest BCUT2D eigenvalue weighted by molar-refractivity contribution is 8.32. The van der Waals surface area contributed by atoms with Crippen molar-refractivity contribution < 1.29 is 18.3 Å². The van der Waals surface area contributed by atoms with Crippen molar-refractivity contribution in [2.24, 2.45) is 21.0 Å². The Bertz CT molecular complexity index is 1970. The molecule has 2 aromatic rings. The second-order valence-electron chi connectivity index (χ2n) is 21.7. The highest BCUT2D eigenvalue weighted by Gasteiger charge is 2.57. The lowest BCUT2D eigenvalue weighted by Gasteiger charge is -2.54. The molecule has 2 saturated heterocycles. The zero-order chi connectivity index (χ0) is 61.7. The highest BCUT2D eigenvalue weighted by atomic mass is 35.5. The molecule has 0 saturated carbocycles. The van der Waals surface area contributed by atoms with E-state index in [1.807, 2.05) is 39.8 Å². The number of benzene rings is 2. The Labute approximate surface area is 524 Å². The fourth-order valence-corrected chi connectivity index (χ4v) is 11.1. The van der Waals surface area contributed by atoms with Crippen molar-refractivity contribution in [3.8, 4) is 0 Å². The molecule has 0 aromatic heterocycles. The van der Waals surface area contributed by atoms with Crippen LogP contribution in [-0.2, 0) is 4.74 Å². The largest absolute Gasteiger partial charge is 0.444 e. The monoisotopic (exact) mass is 1040 g/mol. The first kappa shape index (κ1) is 77.5. The summed E-state index contributed by atoms with van der Waals surface area (Å²) in [6.07, 6.45) is -18.3. The predicted molar refractivity (Wildman–Crippen MR) is 384 cm³/mol. The van der Waals surface area contributed by atoms with Gasteiger partial charge in [0.15, 0.2) is 5.91 Å². The molecule has 9 nitrogen and oxygen atoms in total. The van der Waals surface area contributed by atoms with E-state index >= 15 is 0 Å². The van der Waals surface area contributed by atoms with Crippen LogP contribution in [0.5, 0.6) is 0 Å². The maximum Gasteiger partial charge on any atom is 0.410 e. The first-order chi connectivity index (χ1) is 37.1. The molecule has 2 aromatic carbocycles. The lowest BCUT2D eigenvalue weighted by Crippen LogP contribution is -2.92. The zero-order valence-electron chi connectivity index (χ0n) is 46.8. The number of nitrogens with zero attached hydrogens (tertiary/aromatic N) is 6. The molecule has 1 N–H and O–H groups in total. The number of carbonyl (C=O) groups is 1. The quantitative estimate of drug-likeness (QED) is 0.0767. The van der Waals surface area contributed by atoms with Gasteiger partial charge in [-0.3, -0.25) is 0 Å².